The minimum absolute atomic E-state index is 0.532. The van der Waals surface area contributed by atoms with Gasteiger partial charge in [0.25, 0.3) is 0 Å². The summed E-state index contributed by atoms with van der Waals surface area (Å²) in [5.74, 6) is 1.27. The molecule has 1 aromatic heterocycles. The molecule has 4 heteroatoms. The molecule has 0 bridgehead atoms. The highest BCUT2D eigenvalue weighted by Gasteiger charge is 2.05. The first-order chi connectivity index (χ1) is 6.77. The van der Waals surface area contributed by atoms with Crippen molar-refractivity contribution in [2.45, 2.75) is 26.7 Å². The number of nitrogen functional groups attached to an aromatic ring is 1. The van der Waals surface area contributed by atoms with Crippen molar-refractivity contribution in [2.24, 2.45) is 0 Å². The van der Waals surface area contributed by atoms with Crippen LogP contribution in [0.3, 0.4) is 0 Å². The molecule has 0 aliphatic carbocycles. The third-order valence-corrected chi connectivity index (χ3v) is 2.11. The van der Waals surface area contributed by atoms with Gasteiger partial charge in [0.2, 0.25) is 5.95 Å². The average molecular weight is 194 g/mol. The van der Waals surface area contributed by atoms with Crippen LogP contribution >= 0.6 is 0 Å². The SMILES string of the molecule is CCCCN(CC)c1nccc(N)n1. The number of rotatable bonds is 5. The summed E-state index contributed by atoms with van der Waals surface area (Å²) in [7, 11) is 0. The van der Waals surface area contributed by atoms with Crippen LogP contribution in [-0.2, 0) is 0 Å². The van der Waals surface area contributed by atoms with Gasteiger partial charge in [0.05, 0.1) is 0 Å². The van der Waals surface area contributed by atoms with Crippen molar-refractivity contribution in [3.05, 3.63) is 12.3 Å². The summed E-state index contributed by atoms with van der Waals surface area (Å²) in [6.07, 6.45) is 4.04. The van der Waals surface area contributed by atoms with Gasteiger partial charge in [-0.25, -0.2) is 4.98 Å². The van der Waals surface area contributed by atoms with Gasteiger partial charge < -0.3 is 10.6 Å². The van der Waals surface area contributed by atoms with E-state index < -0.39 is 0 Å². The number of hydrogen-bond donors (Lipinski definition) is 1. The van der Waals surface area contributed by atoms with Crippen molar-refractivity contribution in [3.63, 3.8) is 0 Å². The van der Waals surface area contributed by atoms with Crippen LogP contribution in [0.15, 0.2) is 12.3 Å². The van der Waals surface area contributed by atoms with Gasteiger partial charge in [-0.2, -0.15) is 4.98 Å². The molecule has 1 heterocycles. The number of aromatic nitrogens is 2. The lowest BCUT2D eigenvalue weighted by Gasteiger charge is -2.20. The van der Waals surface area contributed by atoms with Crippen molar-refractivity contribution in [2.75, 3.05) is 23.7 Å². The van der Waals surface area contributed by atoms with Gasteiger partial charge in [-0.3, -0.25) is 0 Å². The minimum atomic E-state index is 0.532. The van der Waals surface area contributed by atoms with Crippen LogP contribution in [0, 0.1) is 0 Å². The van der Waals surface area contributed by atoms with Gasteiger partial charge in [-0.1, -0.05) is 13.3 Å². The van der Waals surface area contributed by atoms with E-state index in [1.54, 1.807) is 12.3 Å². The van der Waals surface area contributed by atoms with E-state index in [1.165, 1.54) is 6.42 Å². The predicted octanol–water partition coefficient (Wildman–Crippen LogP) is 1.69. The van der Waals surface area contributed by atoms with E-state index in [0.29, 0.717) is 5.82 Å². The fraction of sp³-hybridized carbons (Fsp3) is 0.600. The molecule has 0 saturated heterocycles. The Hall–Kier alpha value is -1.32. The molecule has 0 atom stereocenters. The van der Waals surface area contributed by atoms with E-state index in [-0.39, 0.29) is 0 Å². The highest BCUT2D eigenvalue weighted by atomic mass is 15.2. The van der Waals surface area contributed by atoms with E-state index in [9.17, 15) is 0 Å². The molecule has 2 N–H and O–H groups in total. The first-order valence-corrected chi connectivity index (χ1v) is 5.11. The molecule has 0 aromatic carbocycles. The molecular weight excluding hydrogens is 176 g/mol. The lowest BCUT2D eigenvalue weighted by Crippen LogP contribution is -2.26. The Labute approximate surface area is 85.2 Å². The van der Waals surface area contributed by atoms with E-state index in [2.05, 4.69) is 28.7 Å². The summed E-state index contributed by atoms with van der Waals surface area (Å²) >= 11 is 0. The molecule has 0 unspecified atom stereocenters. The Bertz CT molecular complexity index is 275. The Kier molecular flexibility index (Phi) is 4.16. The lowest BCUT2D eigenvalue weighted by molar-refractivity contribution is 0.714. The Balaban J connectivity index is 2.68. The minimum Gasteiger partial charge on any atom is -0.384 e. The Morgan fingerprint density at radius 1 is 1.43 bits per heavy atom. The maximum absolute atomic E-state index is 5.60. The maximum Gasteiger partial charge on any atom is 0.227 e. The van der Waals surface area contributed by atoms with Crippen LogP contribution in [0.25, 0.3) is 0 Å². The predicted molar refractivity (Wildman–Crippen MR) is 59.2 cm³/mol. The lowest BCUT2D eigenvalue weighted by atomic mass is 10.3. The molecule has 1 rings (SSSR count). The third kappa shape index (κ3) is 2.87. The zero-order valence-electron chi connectivity index (χ0n) is 8.90. The summed E-state index contributed by atoms with van der Waals surface area (Å²) in [5, 5.41) is 0. The van der Waals surface area contributed by atoms with Crippen molar-refractivity contribution in [1.82, 2.24) is 9.97 Å². The molecule has 0 spiro atoms. The van der Waals surface area contributed by atoms with Gasteiger partial charge in [0.15, 0.2) is 0 Å². The Morgan fingerprint density at radius 2 is 2.21 bits per heavy atom. The van der Waals surface area contributed by atoms with Crippen LogP contribution in [0.2, 0.25) is 0 Å². The molecular formula is C10H18N4. The molecule has 1 aromatic rings. The second-order valence-electron chi connectivity index (χ2n) is 3.21. The number of nitrogens with two attached hydrogens (primary N) is 1. The quantitative estimate of drug-likeness (QED) is 0.775. The molecule has 0 aliphatic rings. The summed E-state index contributed by atoms with van der Waals surface area (Å²) in [6.45, 7) is 6.19. The second kappa shape index (κ2) is 5.42. The highest BCUT2D eigenvalue weighted by molar-refractivity contribution is 5.37. The van der Waals surface area contributed by atoms with Gasteiger partial charge in [-0.15, -0.1) is 0 Å². The van der Waals surface area contributed by atoms with Gasteiger partial charge in [-0.05, 0) is 19.4 Å². The van der Waals surface area contributed by atoms with Crippen LogP contribution in [0.5, 0.6) is 0 Å². The molecule has 0 fully saturated rings. The average Bonchev–Trinajstić information content (AvgIpc) is 2.19. The number of anilines is 2. The normalized spacial score (nSPS) is 10.1. The summed E-state index contributed by atoms with van der Waals surface area (Å²) in [4.78, 5) is 10.5. The van der Waals surface area contributed by atoms with Crippen molar-refractivity contribution in [1.29, 1.82) is 0 Å². The Morgan fingerprint density at radius 3 is 2.79 bits per heavy atom. The van der Waals surface area contributed by atoms with E-state index in [1.807, 2.05) is 0 Å². The smallest absolute Gasteiger partial charge is 0.227 e. The van der Waals surface area contributed by atoms with Crippen molar-refractivity contribution in [3.8, 4) is 0 Å². The molecule has 14 heavy (non-hydrogen) atoms. The fourth-order valence-corrected chi connectivity index (χ4v) is 1.26. The van der Waals surface area contributed by atoms with Crippen molar-refractivity contribution < 1.29 is 0 Å². The maximum atomic E-state index is 5.60. The zero-order chi connectivity index (χ0) is 10.4. The van der Waals surface area contributed by atoms with E-state index >= 15 is 0 Å². The molecule has 78 valence electrons. The summed E-state index contributed by atoms with van der Waals surface area (Å²) in [5.41, 5.74) is 5.60. The summed E-state index contributed by atoms with van der Waals surface area (Å²) in [6, 6.07) is 1.71. The second-order valence-corrected chi connectivity index (χ2v) is 3.21. The fourth-order valence-electron chi connectivity index (χ4n) is 1.26. The van der Waals surface area contributed by atoms with Crippen LogP contribution < -0.4 is 10.6 Å². The highest BCUT2D eigenvalue weighted by Crippen LogP contribution is 2.09. The number of nitrogens with zero attached hydrogens (tertiary/aromatic N) is 3. The first-order valence-electron chi connectivity index (χ1n) is 5.11. The monoisotopic (exact) mass is 194 g/mol. The van der Waals surface area contributed by atoms with Gasteiger partial charge >= 0.3 is 0 Å². The molecule has 0 radical (unpaired) electrons. The number of unbranched alkanes of at least 4 members (excludes halogenated alkanes) is 1. The molecule has 0 aliphatic heterocycles. The molecule has 4 nitrogen and oxygen atoms in total. The van der Waals surface area contributed by atoms with Crippen LogP contribution in [0.1, 0.15) is 26.7 Å². The zero-order valence-corrected chi connectivity index (χ0v) is 8.90. The molecule has 0 amide bonds. The van der Waals surface area contributed by atoms with Gasteiger partial charge in [0, 0.05) is 19.3 Å². The first kappa shape index (κ1) is 10.8. The van der Waals surface area contributed by atoms with Crippen LogP contribution in [-0.4, -0.2) is 23.1 Å². The third-order valence-electron chi connectivity index (χ3n) is 2.11. The van der Waals surface area contributed by atoms with Crippen molar-refractivity contribution >= 4 is 11.8 Å². The van der Waals surface area contributed by atoms with E-state index in [0.717, 1.165) is 25.5 Å². The molecule has 0 saturated carbocycles. The van der Waals surface area contributed by atoms with Crippen LogP contribution in [0.4, 0.5) is 11.8 Å². The number of hydrogen-bond acceptors (Lipinski definition) is 4. The topological polar surface area (TPSA) is 55.0 Å². The largest absolute Gasteiger partial charge is 0.384 e. The van der Waals surface area contributed by atoms with E-state index in [4.69, 9.17) is 5.73 Å². The summed E-state index contributed by atoms with van der Waals surface area (Å²) < 4.78 is 0. The van der Waals surface area contributed by atoms with Gasteiger partial charge in [0.1, 0.15) is 5.82 Å². The standard InChI is InChI=1S/C10H18N4/c1-3-5-8-14(4-2)10-12-7-6-9(11)13-10/h6-7H,3-5,8H2,1-2H3,(H2,11,12,13).